The lowest BCUT2D eigenvalue weighted by molar-refractivity contribution is -0.119. The molecule has 0 aliphatic heterocycles. The van der Waals surface area contributed by atoms with Crippen molar-refractivity contribution in [3.05, 3.63) is 50.9 Å². The molecule has 3 rings (SSSR count). The van der Waals surface area contributed by atoms with Crippen LogP contribution in [0.5, 0.6) is 0 Å². The molecule has 0 bridgehead atoms. The van der Waals surface area contributed by atoms with Gasteiger partial charge in [-0.15, -0.1) is 11.3 Å². The average Bonchev–Trinajstić information content (AvgIpc) is 2.97. The Morgan fingerprint density at radius 1 is 1.28 bits per heavy atom. The molecule has 1 aromatic carbocycles. The highest BCUT2D eigenvalue weighted by Crippen LogP contribution is 2.28. The summed E-state index contributed by atoms with van der Waals surface area (Å²) >= 11 is 1.42. The van der Waals surface area contributed by atoms with Gasteiger partial charge in [-0.05, 0) is 43.7 Å². The van der Waals surface area contributed by atoms with Crippen LogP contribution < -0.4 is 10.9 Å². The number of fused-ring (bicyclic) bond motifs is 1. The number of halogens is 2. The van der Waals surface area contributed by atoms with Crippen molar-refractivity contribution in [1.29, 1.82) is 0 Å². The standard InChI is InChI=1S/C18H15F2N3O4S2/c1-8-13-15(25)21-9(2)22-16(13)29-14(8)17(26)27-7-12(24)23-10-3-5-11(6-4-10)28-18(19)20/h3-6,18H,7H2,1-2H3,(H,23,24)(H,21,22,25). The zero-order valence-corrected chi connectivity index (χ0v) is 16.9. The highest BCUT2D eigenvalue weighted by Gasteiger charge is 2.21. The van der Waals surface area contributed by atoms with E-state index in [4.69, 9.17) is 4.74 Å². The Balaban J connectivity index is 1.62. The molecule has 2 N–H and O–H groups in total. The lowest BCUT2D eigenvalue weighted by atomic mass is 10.2. The molecule has 0 atom stereocenters. The predicted molar refractivity (Wildman–Crippen MR) is 107 cm³/mol. The number of aromatic nitrogens is 2. The number of ether oxygens (including phenoxy) is 1. The number of rotatable bonds is 6. The van der Waals surface area contributed by atoms with Crippen molar-refractivity contribution < 1.29 is 23.1 Å². The molecule has 1 amide bonds. The summed E-state index contributed by atoms with van der Waals surface area (Å²) in [6.07, 6.45) is 0. The van der Waals surface area contributed by atoms with E-state index in [0.29, 0.717) is 43.9 Å². The van der Waals surface area contributed by atoms with E-state index < -0.39 is 24.2 Å². The number of hydrogen-bond donors (Lipinski definition) is 2. The predicted octanol–water partition coefficient (Wildman–Crippen LogP) is 3.71. The SMILES string of the molecule is Cc1nc2sc(C(=O)OCC(=O)Nc3ccc(SC(F)F)cc3)c(C)c2c(=O)[nH]1. The van der Waals surface area contributed by atoms with Crippen molar-refractivity contribution >= 4 is 50.9 Å². The fourth-order valence-electron chi connectivity index (χ4n) is 2.56. The molecular weight excluding hydrogens is 424 g/mol. The Kier molecular flexibility index (Phi) is 6.28. The van der Waals surface area contributed by atoms with E-state index in [2.05, 4.69) is 15.3 Å². The summed E-state index contributed by atoms with van der Waals surface area (Å²) in [5.74, 6) is -3.41. The lowest BCUT2D eigenvalue weighted by Crippen LogP contribution is -2.20. The number of carbonyl (C=O) groups is 2. The zero-order valence-electron chi connectivity index (χ0n) is 15.2. The minimum absolute atomic E-state index is 0.199. The van der Waals surface area contributed by atoms with Crippen LogP contribution in [0.1, 0.15) is 21.1 Å². The molecule has 0 aliphatic rings. The maximum absolute atomic E-state index is 12.3. The number of carbonyl (C=O) groups excluding carboxylic acids is 2. The van der Waals surface area contributed by atoms with Gasteiger partial charge >= 0.3 is 5.97 Å². The number of benzene rings is 1. The topological polar surface area (TPSA) is 101 Å². The summed E-state index contributed by atoms with van der Waals surface area (Å²) in [5.41, 5.74) is 0.483. The second-order valence-corrected chi connectivity index (χ2v) is 7.98. The quantitative estimate of drug-likeness (QED) is 0.449. The fraction of sp³-hybridized carbons (Fsp3) is 0.222. The summed E-state index contributed by atoms with van der Waals surface area (Å²) in [7, 11) is 0. The number of amides is 1. The van der Waals surface area contributed by atoms with E-state index >= 15 is 0 Å². The Morgan fingerprint density at radius 3 is 2.62 bits per heavy atom. The number of H-pyrrole nitrogens is 1. The number of aryl methyl sites for hydroxylation is 2. The number of thiophene rings is 1. The molecule has 7 nitrogen and oxygen atoms in total. The molecule has 29 heavy (non-hydrogen) atoms. The van der Waals surface area contributed by atoms with E-state index in [1.54, 1.807) is 13.8 Å². The van der Waals surface area contributed by atoms with Crippen LogP contribution in [0.3, 0.4) is 0 Å². The van der Waals surface area contributed by atoms with E-state index in [-0.39, 0.29) is 10.4 Å². The van der Waals surface area contributed by atoms with Gasteiger partial charge in [0.25, 0.3) is 17.2 Å². The van der Waals surface area contributed by atoms with Gasteiger partial charge < -0.3 is 15.0 Å². The fourth-order valence-corrected chi connectivity index (χ4v) is 4.18. The number of hydrogen-bond acceptors (Lipinski definition) is 7. The van der Waals surface area contributed by atoms with Crippen LogP contribution in [-0.4, -0.2) is 34.2 Å². The van der Waals surface area contributed by atoms with Crippen molar-refractivity contribution in [3.63, 3.8) is 0 Å². The van der Waals surface area contributed by atoms with Crippen LogP contribution in [0, 0.1) is 13.8 Å². The van der Waals surface area contributed by atoms with Crippen molar-refractivity contribution in [2.45, 2.75) is 24.5 Å². The molecule has 0 fully saturated rings. The number of esters is 1. The molecule has 3 aromatic rings. The van der Waals surface area contributed by atoms with Gasteiger partial charge in [0.2, 0.25) is 0 Å². The van der Waals surface area contributed by atoms with E-state index in [1.807, 2.05) is 0 Å². The molecule has 0 unspecified atom stereocenters. The molecular formula is C18H15F2N3O4S2. The largest absolute Gasteiger partial charge is 0.451 e. The van der Waals surface area contributed by atoms with E-state index in [1.165, 1.54) is 24.3 Å². The van der Waals surface area contributed by atoms with Crippen LogP contribution >= 0.6 is 23.1 Å². The van der Waals surface area contributed by atoms with Crippen molar-refractivity contribution in [1.82, 2.24) is 9.97 Å². The first-order valence-corrected chi connectivity index (χ1v) is 9.96. The maximum Gasteiger partial charge on any atom is 0.349 e. The van der Waals surface area contributed by atoms with Crippen LogP contribution in [0.4, 0.5) is 14.5 Å². The smallest absolute Gasteiger partial charge is 0.349 e. The Morgan fingerprint density at radius 2 is 1.97 bits per heavy atom. The van der Waals surface area contributed by atoms with Crippen molar-refractivity contribution in [2.75, 3.05) is 11.9 Å². The second kappa shape index (κ2) is 8.70. The molecule has 0 saturated heterocycles. The zero-order chi connectivity index (χ0) is 21.1. The van der Waals surface area contributed by atoms with Gasteiger partial charge in [-0.25, -0.2) is 9.78 Å². The minimum Gasteiger partial charge on any atom is -0.451 e. The summed E-state index contributed by atoms with van der Waals surface area (Å²) in [5, 5.41) is 2.83. The number of alkyl halides is 2. The lowest BCUT2D eigenvalue weighted by Gasteiger charge is -2.07. The average molecular weight is 439 g/mol. The van der Waals surface area contributed by atoms with Crippen LogP contribution in [-0.2, 0) is 9.53 Å². The number of aromatic amines is 1. The number of thioether (sulfide) groups is 1. The monoisotopic (exact) mass is 439 g/mol. The Hall–Kier alpha value is -2.79. The highest BCUT2D eigenvalue weighted by atomic mass is 32.2. The first-order chi connectivity index (χ1) is 13.7. The Bertz CT molecular complexity index is 1130. The van der Waals surface area contributed by atoms with Crippen LogP contribution in [0.25, 0.3) is 10.2 Å². The van der Waals surface area contributed by atoms with Gasteiger partial charge in [0, 0.05) is 10.6 Å². The van der Waals surface area contributed by atoms with Gasteiger partial charge in [0.15, 0.2) is 6.61 Å². The highest BCUT2D eigenvalue weighted by molar-refractivity contribution is 7.99. The summed E-state index contributed by atoms with van der Waals surface area (Å²) in [4.78, 5) is 44.1. The molecule has 0 spiro atoms. The van der Waals surface area contributed by atoms with E-state index in [9.17, 15) is 23.2 Å². The van der Waals surface area contributed by atoms with Crippen molar-refractivity contribution in [3.8, 4) is 0 Å². The third-order valence-corrected chi connectivity index (χ3v) is 5.69. The normalized spacial score (nSPS) is 11.1. The van der Waals surface area contributed by atoms with Crippen LogP contribution in [0.15, 0.2) is 34.0 Å². The van der Waals surface area contributed by atoms with Gasteiger partial charge in [-0.1, -0.05) is 11.8 Å². The number of anilines is 1. The molecule has 0 radical (unpaired) electrons. The maximum atomic E-state index is 12.3. The third kappa shape index (κ3) is 4.98. The van der Waals surface area contributed by atoms with E-state index in [0.717, 1.165) is 11.3 Å². The number of nitrogens with one attached hydrogen (secondary N) is 2. The summed E-state index contributed by atoms with van der Waals surface area (Å²) in [6, 6.07) is 5.85. The second-order valence-electron chi connectivity index (χ2n) is 5.91. The van der Waals surface area contributed by atoms with Gasteiger partial charge in [0.05, 0.1) is 5.39 Å². The summed E-state index contributed by atoms with van der Waals surface area (Å²) < 4.78 is 29.7. The van der Waals surface area contributed by atoms with Gasteiger partial charge in [0.1, 0.15) is 15.5 Å². The molecule has 2 aromatic heterocycles. The van der Waals surface area contributed by atoms with Gasteiger partial charge in [-0.2, -0.15) is 8.78 Å². The van der Waals surface area contributed by atoms with Crippen LogP contribution in [0.2, 0.25) is 0 Å². The first-order valence-electron chi connectivity index (χ1n) is 8.26. The first kappa shape index (κ1) is 20.9. The van der Waals surface area contributed by atoms with Crippen molar-refractivity contribution in [2.24, 2.45) is 0 Å². The summed E-state index contributed by atoms with van der Waals surface area (Å²) in [6.45, 7) is 2.71. The molecule has 11 heteroatoms. The minimum atomic E-state index is -2.53. The third-order valence-electron chi connectivity index (χ3n) is 3.80. The van der Waals surface area contributed by atoms with Gasteiger partial charge in [-0.3, -0.25) is 9.59 Å². The number of nitrogens with zero attached hydrogens (tertiary/aromatic N) is 1. The molecule has 0 aliphatic carbocycles. The molecule has 2 heterocycles. The Labute approximate surface area is 171 Å². The molecule has 0 saturated carbocycles. The molecule has 152 valence electrons.